The molecule has 0 atom stereocenters. The number of hydrogen-bond acceptors (Lipinski definition) is 6. The topological polar surface area (TPSA) is 49.8 Å². The predicted octanol–water partition coefficient (Wildman–Crippen LogP) is 4.51. The molecule has 0 fully saturated rings. The molecule has 0 radical (unpaired) electrons. The zero-order chi connectivity index (χ0) is 17.8. The van der Waals surface area contributed by atoms with Crippen LogP contribution in [0.15, 0.2) is 41.8 Å². The molecular weight excluding hydrogens is 338 g/mol. The van der Waals surface area contributed by atoms with E-state index >= 15 is 0 Å². The van der Waals surface area contributed by atoms with Crippen molar-refractivity contribution in [3.8, 4) is 45.4 Å². The number of rotatable bonds is 6. The van der Waals surface area contributed by atoms with Crippen molar-refractivity contribution in [1.29, 1.82) is 0 Å². The molecule has 0 N–H and O–H groups in total. The van der Waals surface area contributed by atoms with Crippen LogP contribution in [0.2, 0.25) is 0 Å². The van der Waals surface area contributed by atoms with Gasteiger partial charge in [0, 0.05) is 17.0 Å². The van der Waals surface area contributed by atoms with E-state index in [-0.39, 0.29) is 0 Å². The van der Waals surface area contributed by atoms with Gasteiger partial charge in [-0.05, 0) is 35.3 Å². The van der Waals surface area contributed by atoms with Crippen molar-refractivity contribution in [2.45, 2.75) is 0 Å². The molecule has 0 saturated carbocycles. The third kappa shape index (κ3) is 3.25. The second-order valence-corrected chi connectivity index (χ2v) is 5.84. The Morgan fingerprint density at radius 2 is 1.48 bits per heavy atom. The summed E-state index contributed by atoms with van der Waals surface area (Å²) in [5.74, 6) is 2.73. The molecule has 1 aromatic heterocycles. The molecule has 0 amide bonds. The van der Waals surface area contributed by atoms with Crippen LogP contribution in [0, 0.1) is 0 Å². The van der Waals surface area contributed by atoms with Gasteiger partial charge in [0.1, 0.15) is 11.5 Å². The normalized spacial score (nSPS) is 10.4. The highest BCUT2D eigenvalue weighted by atomic mass is 32.1. The number of aromatic nitrogens is 1. The molecular formula is C19H19NO4S. The van der Waals surface area contributed by atoms with Crippen LogP contribution in [-0.2, 0) is 0 Å². The SMILES string of the molecule is COc1ccc(-c2csnc2-c2cc(OC)cc(OC)c2OC)cc1. The fraction of sp³-hybridized carbons (Fsp3) is 0.211. The first-order valence-corrected chi connectivity index (χ1v) is 8.44. The second-order valence-electron chi connectivity index (χ2n) is 5.22. The van der Waals surface area contributed by atoms with Crippen LogP contribution in [0.3, 0.4) is 0 Å². The minimum atomic E-state index is 0.602. The Hall–Kier alpha value is -2.73. The highest BCUT2D eigenvalue weighted by Crippen LogP contribution is 2.44. The smallest absolute Gasteiger partial charge is 0.170 e. The second kappa shape index (κ2) is 7.44. The lowest BCUT2D eigenvalue weighted by Gasteiger charge is -2.14. The summed E-state index contributed by atoms with van der Waals surface area (Å²) in [4.78, 5) is 0. The van der Waals surface area contributed by atoms with E-state index in [1.54, 1.807) is 34.5 Å². The van der Waals surface area contributed by atoms with Gasteiger partial charge in [-0.1, -0.05) is 12.1 Å². The standard InChI is InChI=1S/C19H19NO4S/c1-21-13-7-5-12(6-8-13)16-11-25-20-18(16)15-9-14(22-2)10-17(23-3)19(15)24-4/h5-11H,1-4H3. The van der Waals surface area contributed by atoms with E-state index in [0.717, 1.165) is 28.1 Å². The molecule has 0 unspecified atom stereocenters. The molecule has 5 nitrogen and oxygen atoms in total. The Labute approximate surface area is 150 Å². The number of methoxy groups -OCH3 is 4. The van der Waals surface area contributed by atoms with Gasteiger partial charge in [-0.25, -0.2) is 0 Å². The number of nitrogens with zero attached hydrogens (tertiary/aromatic N) is 1. The van der Waals surface area contributed by atoms with Crippen molar-refractivity contribution >= 4 is 11.5 Å². The quantitative estimate of drug-likeness (QED) is 0.649. The Balaban J connectivity index is 2.16. The number of hydrogen-bond donors (Lipinski definition) is 0. The summed E-state index contributed by atoms with van der Waals surface area (Å²) in [5, 5.41) is 2.02. The molecule has 3 aromatic rings. The van der Waals surface area contributed by atoms with E-state index in [4.69, 9.17) is 18.9 Å². The Kier molecular flexibility index (Phi) is 5.09. The summed E-state index contributed by atoms with van der Waals surface area (Å²) in [6.07, 6.45) is 0. The van der Waals surface area contributed by atoms with E-state index in [1.165, 1.54) is 11.5 Å². The van der Waals surface area contributed by atoms with Crippen LogP contribution in [0.4, 0.5) is 0 Å². The summed E-state index contributed by atoms with van der Waals surface area (Å²) in [7, 11) is 6.50. The van der Waals surface area contributed by atoms with Crippen LogP contribution < -0.4 is 18.9 Å². The third-order valence-electron chi connectivity index (χ3n) is 3.91. The van der Waals surface area contributed by atoms with Crippen molar-refractivity contribution in [2.75, 3.05) is 28.4 Å². The predicted molar refractivity (Wildman–Crippen MR) is 99.2 cm³/mol. The fourth-order valence-corrected chi connectivity index (χ4v) is 3.35. The monoisotopic (exact) mass is 357 g/mol. The third-order valence-corrected chi connectivity index (χ3v) is 4.54. The van der Waals surface area contributed by atoms with Crippen LogP contribution in [-0.4, -0.2) is 32.8 Å². The van der Waals surface area contributed by atoms with Crippen LogP contribution in [0.5, 0.6) is 23.0 Å². The highest BCUT2D eigenvalue weighted by Gasteiger charge is 2.20. The highest BCUT2D eigenvalue weighted by molar-refractivity contribution is 7.04. The van der Waals surface area contributed by atoms with E-state index in [0.29, 0.717) is 17.2 Å². The largest absolute Gasteiger partial charge is 0.497 e. The average molecular weight is 357 g/mol. The summed E-state index contributed by atoms with van der Waals surface area (Å²) in [6.45, 7) is 0. The molecule has 0 aliphatic heterocycles. The maximum absolute atomic E-state index is 5.58. The lowest BCUT2D eigenvalue weighted by Crippen LogP contribution is -1.96. The molecule has 2 aromatic carbocycles. The van der Waals surface area contributed by atoms with Gasteiger partial charge in [0.2, 0.25) is 0 Å². The maximum atomic E-state index is 5.58. The van der Waals surface area contributed by atoms with E-state index in [2.05, 4.69) is 4.37 Å². The first-order valence-electron chi connectivity index (χ1n) is 7.61. The van der Waals surface area contributed by atoms with Gasteiger partial charge in [-0.2, -0.15) is 4.37 Å². The van der Waals surface area contributed by atoms with Gasteiger partial charge < -0.3 is 18.9 Å². The molecule has 1 heterocycles. The lowest BCUT2D eigenvalue weighted by atomic mass is 10.0. The molecule has 0 aliphatic rings. The van der Waals surface area contributed by atoms with Crippen molar-refractivity contribution in [3.05, 3.63) is 41.8 Å². The molecule has 3 rings (SSSR count). The fourth-order valence-electron chi connectivity index (χ4n) is 2.64. The number of benzene rings is 2. The molecule has 0 bridgehead atoms. The van der Waals surface area contributed by atoms with Crippen molar-refractivity contribution in [2.24, 2.45) is 0 Å². The summed E-state index contributed by atoms with van der Waals surface area (Å²) in [5.41, 5.74) is 3.71. The molecule has 25 heavy (non-hydrogen) atoms. The van der Waals surface area contributed by atoms with Gasteiger partial charge in [-0.3, -0.25) is 0 Å². The van der Waals surface area contributed by atoms with Gasteiger partial charge in [0.25, 0.3) is 0 Å². The first-order chi connectivity index (χ1) is 12.2. The van der Waals surface area contributed by atoms with Gasteiger partial charge in [-0.15, -0.1) is 0 Å². The van der Waals surface area contributed by atoms with E-state index < -0.39 is 0 Å². The molecule has 0 aliphatic carbocycles. The van der Waals surface area contributed by atoms with Crippen molar-refractivity contribution < 1.29 is 18.9 Å². The van der Waals surface area contributed by atoms with Crippen LogP contribution >= 0.6 is 11.5 Å². The van der Waals surface area contributed by atoms with Gasteiger partial charge in [0.05, 0.1) is 39.7 Å². The minimum Gasteiger partial charge on any atom is -0.497 e. The maximum Gasteiger partial charge on any atom is 0.170 e. The Bertz CT molecular complexity index is 858. The Morgan fingerprint density at radius 1 is 0.760 bits per heavy atom. The molecule has 6 heteroatoms. The van der Waals surface area contributed by atoms with Crippen LogP contribution in [0.25, 0.3) is 22.4 Å². The summed E-state index contributed by atoms with van der Waals surface area (Å²) in [6, 6.07) is 11.6. The van der Waals surface area contributed by atoms with Crippen LogP contribution in [0.1, 0.15) is 0 Å². The summed E-state index contributed by atoms with van der Waals surface area (Å²) < 4.78 is 26.2. The molecule has 0 spiro atoms. The molecule has 130 valence electrons. The van der Waals surface area contributed by atoms with Gasteiger partial charge >= 0.3 is 0 Å². The number of ether oxygens (including phenoxy) is 4. The summed E-state index contributed by atoms with van der Waals surface area (Å²) >= 11 is 1.39. The molecule has 0 saturated heterocycles. The van der Waals surface area contributed by atoms with Crippen molar-refractivity contribution in [1.82, 2.24) is 4.37 Å². The minimum absolute atomic E-state index is 0.602. The zero-order valence-electron chi connectivity index (χ0n) is 14.5. The van der Waals surface area contributed by atoms with E-state index in [9.17, 15) is 0 Å². The average Bonchev–Trinajstić information content (AvgIpc) is 3.16. The zero-order valence-corrected chi connectivity index (χ0v) is 15.3. The Morgan fingerprint density at radius 3 is 2.08 bits per heavy atom. The van der Waals surface area contributed by atoms with E-state index in [1.807, 2.05) is 35.7 Å². The van der Waals surface area contributed by atoms with Gasteiger partial charge in [0.15, 0.2) is 11.5 Å². The van der Waals surface area contributed by atoms with Crippen molar-refractivity contribution in [3.63, 3.8) is 0 Å². The lowest BCUT2D eigenvalue weighted by molar-refractivity contribution is 0.350. The first kappa shape index (κ1) is 17.1.